The van der Waals surface area contributed by atoms with Gasteiger partial charge in [-0.1, -0.05) is 23.2 Å². The lowest BCUT2D eigenvalue weighted by atomic mass is 10.1. The van der Waals surface area contributed by atoms with Crippen molar-refractivity contribution in [1.82, 2.24) is 4.90 Å². The van der Waals surface area contributed by atoms with E-state index in [0.717, 1.165) is 24.1 Å². The summed E-state index contributed by atoms with van der Waals surface area (Å²) in [6.45, 7) is 1.31. The van der Waals surface area contributed by atoms with E-state index >= 15 is 0 Å². The Bertz CT molecular complexity index is 1030. The van der Waals surface area contributed by atoms with Crippen molar-refractivity contribution in [3.8, 4) is 0 Å². The number of fused-ring (bicyclic) bond motifs is 1. The van der Waals surface area contributed by atoms with Gasteiger partial charge in [0.2, 0.25) is 5.91 Å². The lowest BCUT2D eigenvalue weighted by Gasteiger charge is -2.22. The molecule has 3 amide bonds. The van der Waals surface area contributed by atoms with Gasteiger partial charge in [0, 0.05) is 0 Å². The van der Waals surface area contributed by atoms with Crippen molar-refractivity contribution >= 4 is 52.6 Å². The second kappa shape index (κ2) is 7.81. The zero-order chi connectivity index (χ0) is 21.5. The third kappa shape index (κ3) is 3.68. The van der Waals surface area contributed by atoms with Gasteiger partial charge in [0.1, 0.15) is 11.9 Å². The van der Waals surface area contributed by atoms with Crippen LogP contribution in [0.3, 0.4) is 0 Å². The summed E-state index contributed by atoms with van der Waals surface area (Å²) in [6, 6.07) is 4.50. The molecule has 7 nitrogen and oxygen atoms in total. The molecule has 0 aliphatic carbocycles. The predicted molar refractivity (Wildman–Crippen MR) is 103 cm³/mol. The third-order valence-corrected chi connectivity index (χ3v) is 5.09. The predicted octanol–water partition coefficient (Wildman–Crippen LogP) is 3.54. The van der Waals surface area contributed by atoms with Crippen molar-refractivity contribution in [2.24, 2.45) is 0 Å². The molecule has 1 N–H and O–H groups in total. The van der Waals surface area contributed by atoms with Crippen LogP contribution in [0.5, 0.6) is 0 Å². The van der Waals surface area contributed by atoms with Gasteiger partial charge in [-0.3, -0.25) is 19.3 Å². The summed E-state index contributed by atoms with van der Waals surface area (Å²) in [4.78, 5) is 50.1. The maximum Gasteiger partial charge on any atom is 0.337 e. The first-order valence-corrected chi connectivity index (χ1v) is 8.97. The largest absolute Gasteiger partial charge is 0.465 e. The fourth-order valence-corrected chi connectivity index (χ4v) is 3.15. The molecule has 1 unspecified atom stereocenters. The van der Waals surface area contributed by atoms with Crippen LogP contribution in [0.4, 0.5) is 10.1 Å². The number of esters is 1. The average molecular weight is 439 g/mol. The molecule has 0 fully saturated rings. The summed E-state index contributed by atoms with van der Waals surface area (Å²) in [5.74, 6) is -3.82. The molecular formula is C19H13Cl2FN2O5. The fourth-order valence-electron chi connectivity index (χ4n) is 2.82. The summed E-state index contributed by atoms with van der Waals surface area (Å²) in [6.07, 6.45) is 0. The van der Waals surface area contributed by atoms with Gasteiger partial charge in [0.25, 0.3) is 11.8 Å². The Morgan fingerprint density at radius 3 is 2.14 bits per heavy atom. The summed E-state index contributed by atoms with van der Waals surface area (Å²) < 4.78 is 18.6. The molecule has 0 saturated heterocycles. The Kier molecular flexibility index (Phi) is 5.59. The first kappa shape index (κ1) is 20.8. The maximum atomic E-state index is 14.1. The standard InChI is InChI=1S/C19H13Cl2FN2O5/c1-8(16(25)23-15-5-9(19(28)29-2)3-4-14(15)22)24-17(26)10-6-12(20)13(21)7-11(10)18(24)27/h3-8H,1-2H3,(H,23,25). The lowest BCUT2D eigenvalue weighted by molar-refractivity contribution is -0.119. The zero-order valence-corrected chi connectivity index (χ0v) is 16.6. The second-order valence-corrected chi connectivity index (χ2v) is 6.96. The molecule has 0 bridgehead atoms. The Balaban J connectivity index is 1.85. The quantitative estimate of drug-likeness (QED) is 0.581. The number of carbonyl (C=O) groups excluding carboxylic acids is 4. The van der Waals surface area contributed by atoms with Gasteiger partial charge in [-0.2, -0.15) is 0 Å². The van der Waals surface area contributed by atoms with Crippen LogP contribution in [-0.2, 0) is 9.53 Å². The molecule has 2 aromatic carbocycles. The number of rotatable bonds is 4. The SMILES string of the molecule is COC(=O)c1ccc(F)c(NC(=O)C(C)N2C(=O)c3cc(Cl)c(Cl)cc3C2=O)c1. The molecule has 150 valence electrons. The number of carbonyl (C=O) groups is 4. The number of anilines is 1. The molecule has 1 aliphatic rings. The first-order chi connectivity index (χ1) is 13.6. The van der Waals surface area contributed by atoms with Crippen molar-refractivity contribution in [2.75, 3.05) is 12.4 Å². The highest BCUT2D eigenvalue weighted by atomic mass is 35.5. The number of benzene rings is 2. The Morgan fingerprint density at radius 2 is 1.62 bits per heavy atom. The minimum Gasteiger partial charge on any atom is -0.465 e. The number of ether oxygens (including phenoxy) is 1. The third-order valence-electron chi connectivity index (χ3n) is 4.37. The molecule has 1 aliphatic heterocycles. The molecular weight excluding hydrogens is 426 g/mol. The topological polar surface area (TPSA) is 92.8 Å². The number of nitrogens with zero attached hydrogens (tertiary/aromatic N) is 1. The monoisotopic (exact) mass is 438 g/mol. The number of nitrogens with one attached hydrogen (secondary N) is 1. The molecule has 0 aromatic heterocycles. The highest BCUT2D eigenvalue weighted by Crippen LogP contribution is 2.32. The van der Waals surface area contributed by atoms with Crippen LogP contribution in [0.2, 0.25) is 10.0 Å². The highest BCUT2D eigenvalue weighted by Gasteiger charge is 2.41. The Labute approximate surface area is 174 Å². The highest BCUT2D eigenvalue weighted by molar-refractivity contribution is 6.43. The molecule has 2 aromatic rings. The zero-order valence-electron chi connectivity index (χ0n) is 15.1. The van der Waals surface area contributed by atoms with E-state index in [1.807, 2.05) is 0 Å². The van der Waals surface area contributed by atoms with Gasteiger partial charge in [-0.05, 0) is 37.3 Å². The smallest absolute Gasteiger partial charge is 0.337 e. The van der Waals surface area contributed by atoms with E-state index in [1.165, 1.54) is 25.1 Å². The Hall–Kier alpha value is -2.97. The summed E-state index contributed by atoms with van der Waals surface area (Å²) in [5, 5.41) is 2.46. The normalized spacial score (nSPS) is 13.9. The van der Waals surface area contributed by atoms with Crippen LogP contribution in [-0.4, -0.2) is 41.7 Å². The molecule has 0 spiro atoms. The summed E-state index contributed by atoms with van der Waals surface area (Å²) >= 11 is 11.8. The van der Waals surface area contributed by atoms with Crippen LogP contribution in [0.15, 0.2) is 30.3 Å². The average Bonchev–Trinajstić information content (AvgIpc) is 2.92. The van der Waals surface area contributed by atoms with Crippen LogP contribution in [0.25, 0.3) is 0 Å². The maximum absolute atomic E-state index is 14.1. The van der Waals surface area contributed by atoms with Crippen molar-refractivity contribution < 1.29 is 28.3 Å². The van der Waals surface area contributed by atoms with Crippen LogP contribution < -0.4 is 5.32 Å². The van der Waals surface area contributed by atoms with E-state index in [1.54, 1.807) is 0 Å². The van der Waals surface area contributed by atoms with E-state index in [2.05, 4.69) is 10.1 Å². The summed E-state index contributed by atoms with van der Waals surface area (Å²) in [7, 11) is 1.16. The fraction of sp³-hybridized carbons (Fsp3) is 0.158. The molecule has 0 saturated carbocycles. The number of hydrogen-bond donors (Lipinski definition) is 1. The number of halogens is 3. The number of imide groups is 1. The minimum absolute atomic E-state index is 0.0156. The van der Waals surface area contributed by atoms with E-state index in [9.17, 15) is 23.6 Å². The summed E-state index contributed by atoms with van der Waals surface area (Å²) in [5.41, 5.74) is -0.250. The van der Waals surface area contributed by atoms with Crippen molar-refractivity contribution in [1.29, 1.82) is 0 Å². The number of methoxy groups -OCH3 is 1. The van der Waals surface area contributed by atoms with Crippen LogP contribution >= 0.6 is 23.2 Å². The number of amides is 3. The van der Waals surface area contributed by atoms with Gasteiger partial charge in [-0.25, -0.2) is 9.18 Å². The van der Waals surface area contributed by atoms with E-state index in [0.29, 0.717) is 0 Å². The molecule has 1 heterocycles. The molecule has 0 radical (unpaired) electrons. The molecule has 3 rings (SSSR count). The molecule has 1 atom stereocenters. The molecule has 10 heteroatoms. The van der Waals surface area contributed by atoms with Gasteiger partial charge in [0.05, 0.1) is 39.5 Å². The first-order valence-electron chi connectivity index (χ1n) is 8.21. The van der Waals surface area contributed by atoms with E-state index < -0.39 is 35.5 Å². The van der Waals surface area contributed by atoms with Gasteiger partial charge >= 0.3 is 5.97 Å². The van der Waals surface area contributed by atoms with Crippen LogP contribution in [0, 0.1) is 5.82 Å². The lowest BCUT2D eigenvalue weighted by Crippen LogP contribution is -2.45. The van der Waals surface area contributed by atoms with E-state index in [-0.39, 0.29) is 32.4 Å². The number of hydrogen-bond acceptors (Lipinski definition) is 5. The van der Waals surface area contributed by atoms with Gasteiger partial charge in [0.15, 0.2) is 0 Å². The van der Waals surface area contributed by atoms with Crippen molar-refractivity contribution in [3.63, 3.8) is 0 Å². The van der Waals surface area contributed by atoms with Crippen molar-refractivity contribution in [3.05, 3.63) is 62.9 Å². The minimum atomic E-state index is -1.28. The van der Waals surface area contributed by atoms with E-state index in [4.69, 9.17) is 23.2 Å². The van der Waals surface area contributed by atoms with Gasteiger partial charge < -0.3 is 10.1 Å². The van der Waals surface area contributed by atoms with Crippen molar-refractivity contribution in [2.45, 2.75) is 13.0 Å². The Morgan fingerprint density at radius 1 is 1.07 bits per heavy atom. The van der Waals surface area contributed by atoms with Gasteiger partial charge in [-0.15, -0.1) is 0 Å². The molecule has 29 heavy (non-hydrogen) atoms. The second-order valence-electron chi connectivity index (χ2n) is 6.14. The van der Waals surface area contributed by atoms with Crippen LogP contribution in [0.1, 0.15) is 38.0 Å².